The summed E-state index contributed by atoms with van der Waals surface area (Å²) in [6, 6.07) is 0. The second-order valence-corrected chi connectivity index (χ2v) is 13.5. The number of ether oxygens (including phenoxy) is 2. The summed E-state index contributed by atoms with van der Waals surface area (Å²) < 4.78 is 10.3. The number of allylic oxidation sites excluding steroid dienone is 7. The van der Waals surface area contributed by atoms with Crippen LogP contribution in [0, 0.1) is 27.6 Å². The topological polar surface area (TPSA) is 78.6 Å². The van der Waals surface area contributed by atoms with Crippen LogP contribution in [0.5, 0.6) is 0 Å². The van der Waals surface area contributed by atoms with Crippen molar-refractivity contribution >= 4 is 11.9 Å². The van der Waals surface area contributed by atoms with E-state index in [2.05, 4.69) is 46.8 Å². The monoisotopic (exact) mass is 493 g/mol. The first-order valence-corrected chi connectivity index (χ1v) is 13.8. The fraction of sp³-hybridized carbons (Fsp3) is 0.677. The van der Waals surface area contributed by atoms with Crippen molar-refractivity contribution in [1.82, 2.24) is 0 Å². The van der Waals surface area contributed by atoms with Crippen molar-refractivity contribution in [1.29, 1.82) is 0 Å². The van der Waals surface area contributed by atoms with E-state index in [1.54, 1.807) is 13.0 Å². The molecular formula is C31H43NO4. The highest BCUT2D eigenvalue weighted by Crippen LogP contribution is 2.74. The van der Waals surface area contributed by atoms with Crippen molar-refractivity contribution in [2.75, 3.05) is 6.61 Å². The van der Waals surface area contributed by atoms with E-state index in [4.69, 9.17) is 15.2 Å². The molecule has 0 saturated heterocycles. The number of carbonyl (C=O) groups is 2. The van der Waals surface area contributed by atoms with Gasteiger partial charge in [-0.15, -0.1) is 0 Å². The Morgan fingerprint density at radius 2 is 1.72 bits per heavy atom. The highest BCUT2D eigenvalue weighted by atomic mass is 16.7. The van der Waals surface area contributed by atoms with Crippen LogP contribution in [-0.2, 0) is 14.3 Å². The summed E-state index contributed by atoms with van der Waals surface area (Å²) in [6.07, 6.45) is 13.3. The van der Waals surface area contributed by atoms with E-state index in [0.29, 0.717) is 16.9 Å². The van der Waals surface area contributed by atoms with Gasteiger partial charge in [0.15, 0.2) is 5.76 Å². The minimum absolute atomic E-state index is 0.0306. The lowest BCUT2D eigenvalue weighted by Gasteiger charge is -2.70. The van der Waals surface area contributed by atoms with Crippen LogP contribution < -0.4 is 5.73 Å². The lowest BCUT2D eigenvalue weighted by atomic mass is 9.35. The highest BCUT2D eigenvalue weighted by molar-refractivity contribution is 6.08. The van der Waals surface area contributed by atoms with Crippen molar-refractivity contribution in [3.8, 4) is 0 Å². The van der Waals surface area contributed by atoms with E-state index in [1.165, 1.54) is 18.4 Å². The van der Waals surface area contributed by atoms with Crippen molar-refractivity contribution < 1.29 is 19.1 Å². The zero-order chi connectivity index (χ0) is 26.3. The van der Waals surface area contributed by atoms with Gasteiger partial charge >= 0.3 is 6.16 Å². The Morgan fingerprint density at radius 1 is 1.03 bits per heavy atom. The minimum Gasteiger partial charge on any atom is -0.434 e. The molecule has 0 unspecified atom stereocenters. The third-order valence-electron chi connectivity index (χ3n) is 11.3. The van der Waals surface area contributed by atoms with Crippen molar-refractivity contribution in [2.24, 2.45) is 33.3 Å². The molecule has 5 nitrogen and oxygen atoms in total. The number of carbonyl (C=O) groups excluding carboxylic acids is 2. The van der Waals surface area contributed by atoms with E-state index < -0.39 is 6.16 Å². The summed E-state index contributed by atoms with van der Waals surface area (Å²) in [5.41, 5.74) is 11.2. The summed E-state index contributed by atoms with van der Waals surface area (Å²) in [6.45, 7) is 15.9. The lowest BCUT2D eigenvalue weighted by Crippen LogP contribution is -2.63. The van der Waals surface area contributed by atoms with E-state index in [1.807, 2.05) is 6.92 Å². The summed E-state index contributed by atoms with van der Waals surface area (Å²) in [5.74, 6) is 0.404. The Hall–Kier alpha value is -2.14. The fourth-order valence-electron chi connectivity index (χ4n) is 8.83. The van der Waals surface area contributed by atoms with Crippen LogP contribution in [0.25, 0.3) is 0 Å². The zero-order valence-electron chi connectivity index (χ0n) is 23.2. The predicted molar refractivity (Wildman–Crippen MR) is 141 cm³/mol. The normalized spacial score (nSPS) is 43.7. The van der Waals surface area contributed by atoms with E-state index in [-0.39, 0.29) is 39.9 Å². The molecule has 5 aliphatic carbocycles. The SMILES string of the molecule is CCOC(=O)OC1=C(C)C2=CC=C3[C@@](C)(CC[C@@]4(C)[C@@H]5C[C@](C)(N)CC[C@]5(C)CC[C@]34C)C2=CC1=O. The molecule has 196 valence electrons. The Morgan fingerprint density at radius 3 is 2.42 bits per heavy atom. The number of fused-ring (bicyclic) bond motifs is 7. The van der Waals surface area contributed by atoms with E-state index in [9.17, 15) is 9.59 Å². The van der Waals surface area contributed by atoms with Gasteiger partial charge < -0.3 is 15.2 Å². The van der Waals surface area contributed by atoms with Crippen LogP contribution in [0.15, 0.2) is 46.3 Å². The van der Waals surface area contributed by atoms with Gasteiger partial charge in [0.2, 0.25) is 5.78 Å². The molecule has 3 fully saturated rings. The molecule has 6 atom stereocenters. The molecule has 2 N–H and O–H groups in total. The first-order chi connectivity index (χ1) is 16.7. The second-order valence-electron chi connectivity index (χ2n) is 13.5. The number of hydrogen-bond acceptors (Lipinski definition) is 5. The van der Waals surface area contributed by atoms with E-state index in [0.717, 1.165) is 43.3 Å². The third kappa shape index (κ3) is 3.37. The number of rotatable bonds is 2. The maximum atomic E-state index is 13.2. The maximum absolute atomic E-state index is 13.2. The number of hydrogen-bond donors (Lipinski definition) is 1. The molecule has 0 amide bonds. The first kappa shape index (κ1) is 25.5. The molecule has 5 heteroatoms. The van der Waals surface area contributed by atoms with Crippen molar-refractivity contribution in [3.63, 3.8) is 0 Å². The zero-order valence-corrected chi connectivity index (χ0v) is 23.2. The molecule has 5 rings (SSSR count). The molecule has 0 radical (unpaired) electrons. The molecule has 3 saturated carbocycles. The van der Waals surface area contributed by atoms with Crippen LogP contribution in [0.3, 0.4) is 0 Å². The fourth-order valence-corrected chi connectivity index (χ4v) is 8.83. The summed E-state index contributed by atoms with van der Waals surface area (Å²) >= 11 is 0. The highest BCUT2D eigenvalue weighted by Gasteiger charge is 2.66. The maximum Gasteiger partial charge on any atom is 0.513 e. The van der Waals surface area contributed by atoms with Gasteiger partial charge in [0.25, 0.3) is 0 Å². The van der Waals surface area contributed by atoms with Gasteiger partial charge in [-0.1, -0.05) is 45.4 Å². The average Bonchev–Trinajstić information content (AvgIpc) is 2.80. The number of nitrogens with two attached hydrogens (primary N) is 1. The van der Waals surface area contributed by atoms with Gasteiger partial charge in [0.1, 0.15) is 0 Å². The molecule has 0 aromatic rings. The Labute approximate surface area is 216 Å². The Kier molecular flexibility index (Phi) is 5.62. The van der Waals surface area contributed by atoms with Crippen LogP contribution in [0.4, 0.5) is 4.79 Å². The molecule has 0 bridgehead atoms. The molecule has 0 aliphatic heterocycles. The first-order valence-electron chi connectivity index (χ1n) is 13.8. The molecule has 0 spiro atoms. The van der Waals surface area contributed by atoms with Crippen LogP contribution in [0.2, 0.25) is 0 Å². The summed E-state index contributed by atoms with van der Waals surface area (Å²) in [4.78, 5) is 25.2. The quantitative estimate of drug-likeness (QED) is 0.422. The van der Waals surface area contributed by atoms with E-state index >= 15 is 0 Å². The molecule has 0 aromatic carbocycles. The standard InChI is InChI=1S/C31H43NO4/c1-8-35-26(34)36-25-19(2)20-9-10-23-29(5,21(20)17-22(25)33)14-16-31(7)24-18-28(4,32)13-11-27(24,3)12-15-30(23,31)6/h9-10,17,24H,8,11-16,18,32H2,1-7H3/t24-,27-,28-,29+,30-,31+/m1/s1. The van der Waals surface area contributed by atoms with Crippen LogP contribution in [0.1, 0.15) is 93.4 Å². The molecule has 0 aromatic heterocycles. The average molecular weight is 494 g/mol. The largest absolute Gasteiger partial charge is 0.513 e. The summed E-state index contributed by atoms with van der Waals surface area (Å²) in [7, 11) is 0. The minimum atomic E-state index is -0.832. The number of ketones is 1. The van der Waals surface area contributed by atoms with Crippen molar-refractivity contribution in [3.05, 3.63) is 46.3 Å². The molecule has 36 heavy (non-hydrogen) atoms. The van der Waals surface area contributed by atoms with Crippen molar-refractivity contribution in [2.45, 2.75) is 99.0 Å². The molecular weight excluding hydrogens is 450 g/mol. The van der Waals surface area contributed by atoms with Gasteiger partial charge in [-0.2, -0.15) is 0 Å². The summed E-state index contributed by atoms with van der Waals surface area (Å²) in [5, 5.41) is 0. The third-order valence-corrected chi connectivity index (χ3v) is 11.3. The lowest BCUT2D eigenvalue weighted by molar-refractivity contribution is -0.150. The Balaban J connectivity index is 1.58. The Bertz CT molecular complexity index is 1160. The van der Waals surface area contributed by atoms with Crippen LogP contribution >= 0.6 is 0 Å². The molecule has 0 heterocycles. The predicted octanol–water partition coefficient (Wildman–Crippen LogP) is 6.94. The van der Waals surface area contributed by atoms with Gasteiger partial charge in [-0.25, -0.2) is 4.79 Å². The van der Waals surface area contributed by atoms with Gasteiger partial charge in [-0.3, -0.25) is 4.79 Å². The van der Waals surface area contributed by atoms with Gasteiger partial charge in [0.05, 0.1) is 6.61 Å². The van der Waals surface area contributed by atoms with Gasteiger partial charge in [-0.05, 0) is 105 Å². The smallest absolute Gasteiger partial charge is 0.434 e. The second kappa shape index (κ2) is 7.93. The van der Waals surface area contributed by atoms with Crippen LogP contribution in [-0.4, -0.2) is 24.1 Å². The molecule has 5 aliphatic rings. The van der Waals surface area contributed by atoms with Gasteiger partial charge in [0, 0.05) is 16.5 Å².